The molecule has 0 unspecified atom stereocenters. The maximum Gasteiger partial charge on any atom is 0.0679 e. The summed E-state index contributed by atoms with van der Waals surface area (Å²) >= 11 is 0. The molecular weight excluding hydrogens is 272 g/mol. The van der Waals surface area contributed by atoms with Gasteiger partial charge >= 0.3 is 0 Å². The van der Waals surface area contributed by atoms with Gasteiger partial charge in [-0.25, -0.2) is 0 Å². The standard InChI is InChI=1S/C20H34O2/c1-17(2)8-6-9-18(3)10-7-11-19(4)13-15-22-16-20(5)12-14-21/h8,10,12-13,21H,6-7,9,11,14-16H2,1-5H3/b18-10+,19-13+,20-12+. The Morgan fingerprint density at radius 2 is 1.36 bits per heavy atom. The third kappa shape index (κ3) is 13.8. The van der Waals surface area contributed by atoms with Gasteiger partial charge in [-0.1, -0.05) is 41.0 Å². The fraction of sp³-hybridized carbons (Fsp3) is 0.600. The van der Waals surface area contributed by atoms with Gasteiger partial charge in [0.25, 0.3) is 0 Å². The lowest BCUT2D eigenvalue weighted by Crippen LogP contribution is -1.97. The molecule has 0 amide bonds. The highest BCUT2D eigenvalue weighted by Gasteiger charge is 1.93. The van der Waals surface area contributed by atoms with Gasteiger partial charge in [0, 0.05) is 0 Å². The van der Waals surface area contributed by atoms with E-state index in [9.17, 15) is 0 Å². The number of hydrogen-bond acceptors (Lipinski definition) is 2. The van der Waals surface area contributed by atoms with Gasteiger partial charge in [-0.15, -0.1) is 0 Å². The zero-order valence-electron chi connectivity index (χ0n) is 15.1. The van der Waals surface area contributed by atoms with E-state index in [0.717, 1.165) is 31.3 Å². The highest BCUT2D eigenvalue weighted by atomic mass is 16.5. The number of aliphatic hydroxyl groups is 1. The van der Waals surface area contributed by atoms with Gasteiger partial charge in [-0.2, -0.15) is 0 Å². The molecule has 22 heavy (non-hydrogen) atoms. The van der Waals surface area contributed by atoms with Gasteiger partial charge in [0.1, 0.15) is 0 Å². The van der Waals surface area contributed by atoms with Crippen molar-refractivity contribution < 1.29 is 9.84 Å². The molecule has 0 fully saturated rings. The molecule has 0 aliphatic heterocycles. The van der Waals surface area contributed by atoms with Crippen LogP contribution in [0.5, 0.6) is 0 Å². The van der Waals surface area contributed by atoms with Gasteiger partial charge in [-0.05, 0) is 65.9 Å². The van der Waals surface area contributed by atoms with Gasteiger partial charge < -0.3 is 9.84 Å². The van der Waals surface area contributed by atoms with Crippen LogP contribution >= 0.6 is 0 Å². The summed E-state index contributed by atoms with van der Waals surface area (Å²) < 4.78 is 5.54. The van der Waals surface area contributed by atoms with Crippen LogP contribution in [0.2, 0.25) is 0 Å². The van der Waals surface area contributed by atoms with Gasteiger partial charge in [0.15, 0.2) is 0 Å². The van der Waals surface area contributed by atoms with Crippen LogP contribution in [0.25, 0.3) is 0 Å². The predicted octanol–water partition coefficient (Wildman–Crippen LogP) is 5.36. The fourth-order valence-electron chi connectivity index (χ4n) is 1.97. The monoisotopic (exact) mass is 306 g/mol. The molecule has 0 saturated heterocycles. The van der Waals surface area contributed by atoms with Crippen LogP contribution in [-0.4, -0.2) is 24.9 Å². The molecule has 0 aliphatic carbocycles. The summed E-state index contributed by atoms with van der Waals surface area (Å²) in [5.74, 6) is 0. The molecule has 0 bridgehead atoms. The normalized spacial score (nSPS) is 13.5. The Labute approximate surface area is 137 Å². The summed E-state index contributed by atoms with van der Waals surface area (Å²) in [6.45, 7) is 12.0. The third-order valence-corrected chi connectivity index (χ3v) is 3.44. The predicted molar refractivity (Wildman–Crippen MR) is 97.1 cm³/mol. The van der Waals surface area contributed by atoms with Crippen LogP contribution in [-0.2, 0) is 4.74 Å². The Bertz CT molecular complexity index is 407. The van der Waals surface area contributed by atoms with E-state index in [-0.39, 0.29) is 6.61 Å². The van der Waals surface area contributed by atoms with Crippen LogP contribution in [0, 0.1) is 0 Å². The van der Waals surface area contributed by atoms with Crippen LogP contribution in [0.4, 0.5) is 0 Å². The second-order valence-corrected chi connectivity index (χ2v) is 6.21. The van der Waals surface area contributed by atoms with Crippen molar-refractivity contribution in [1.82, 2.24) is 0 Å². The van der Waals surface area contributed by atoms with Gasteiger partial charge in [0.05, 0.1) is 19.8 Å². The van der Waals surface area contributed by atoms with Crippen molar-refractivity contribution in [3.8, 4) is 0 Å². The summed E-state index contributed by atoms with van der Waals surface area (Å²) in [6, 6.07) is 0. The Hall–Kier alpha value is -1.12. The Balaban J connectivity index is 3.87. The van der Waals surface area contributed by atoms with E-state index in [1.54, 1.807) is 6.08 Å². The topological polar surface area (TPSA) is 29.5 Å². The lowest BCUT2D eigenvalue weighted by atomic mass is 10.1. The molecule has 0 atom stereocenters. The van der Waals surface area contributed by atoms with Crippen LogP contribution < -0.4 is 0 Å². The van der Waals surface area contributed by atoms with Crippen LogP contribution in [0.1, 0.15) is 60.3 Å². The molecule has 0 aliphatic rings. The first-order valence-electron chi connectivity index (χ1n) is 8.24. The van der Waals surface area contributed by atoms with Crippen molar-refractivity contribution in [3.63, 3.8) is 0 Å². The quantitative estimate of drug-likeness (QED) is 0.411. The fourth-order valence-corrected chi connectivity index (χ4v) is 1.97. The number of allylic oxidation sites excluding steroid dienone is 5. The lowest BCUT2D eigenvalue weighted by Gasteiger charge is -2.03. The molecule has 2 heteroatoms. The number of aliphatic hydroxyl groups excluding tert-OH is 1. The molecule has 0 spiro atoms. The van der Waals surface area contributed by atoms with Gasteiger partial charge in [0.2, 0.25) is 0 Å². The van der Waals surface area contributed by atoms with E-state index < -0.39 is 0 Å². The Morgan fingerprint density at radius 3 is 1.95 bits per heavy atom. The minimum absolute atomic E-state index is 0.0867. The molecule has 0 saturated carbocycles. The first-order chi connectivity index (χ1) is 10.5. The molecule has 0 aromatic rings. The van der Waals surface area contributed by atoms with E-state index in [2.05, 4.69) is 45.9 Å². The summed E-state index contributed by atoms with van der Waals surface area (Å²) in [7, 11) is 0. The maximum absolute atomic E-state index is 8.75. The largest absolute Gasteiger partial charge is 0.392 e. The first-order valence-corrected chi connectivity index (χ1v) is 8.24. The minimum atomic E-state index is 0.0867. The smallest absolute Gasteiger partial charge is 0.0679 e. The van der Waals surface area contributed by atoms with E-state index >= 15 is 0 Å². The van der Waals surface area contributed by atoms with E-state index in [1.807, 2.05) is 6.92 Å². The first kappa shape index (κ1) is 20.9. The zero-order chi connectivity index (χ0) is 16.8. The van der Waals surface area contributed by atoms with Crippen molar-refractivity contribution in [2.24, 2.45) is 0 Å². The van der Waals surface area contributed by atoms with Crippen molar-refractivity contribution in [3.05, 3.63) is 46.6 Å². The molecule has 0 aromatic carbocycles. The molecule has 0 radical (unpaired) electrons. The average molecular weight is 306 g/mol. The van der Waals surface area contributed by atoms with Gasteiger partial charge in [-0.3, -0.25) is 0 Å². The van der Waals surface area contributed by atoms with Crippen LogP contribution in [0.15, 0.2) is 46.6 Å². The molecule has 2 nitrogen and oxygen atoms in total. The molecule has 126 valence electrons. The summed E-state index contributed by atoms with van der Waals surface area (Å²) in [5, 5.41) is 8.75. The van der Waals surface area contributed by atoms with E-state index in [1.165, 1.54) is 16.7 Å². The van der Waals surface area contributed by atoms with Crippen molar-refractivity contribution >= 4 is 0 Å². The molecular formula is C20H34O2. The summed E-state index contributed by atoms with van der Waals surface area (Å²) in [5.41, 5.74) is 5.32. The number of hydrogen-bond donors (Lipinski definition) is 1. The molecule has 0 rings (SSSR count). The second-order valence-electron chi connectivity index (χ2n) is 6.21. The highest BCUT2D eigenvalue weighted by molar-refractivity contribution is 5.05. The van der Waals surface area contributed by atoms with E-state index in [4.69, 9.17) is 9.84 Å². The number of ether oxygens (including phenoxy) is 1. The molecule has 0 heterocycles. The van der Waals surface area contributed by atoms with Crippen molar-refractivity contribution in [2.75, 3.05) is 19.8 Å². The van der Waals surface area contributed by atoms with Crippen molar-refractivity contribution in [2.45, 2.75) is 60.3 Å². The third-order valence-electron chi connectivity index (χ3n) is 3.44. The van der Waals surface area contributed by atoms with Crippen molar-refractivity contribution in [1.29, 1.82) is 0 Å². The second kappa shape index (κ2) is 13.5. The lowest BCUT2D eigenvalue weighted by molar-refractivity contribution is 0.185. The average Bonchev–Trinajstić information content (AvgIpc) is 2.43. The SMILES string of the molecule is CC(C)=CCC/C(C)=C/CC/C(C)=C/COC/C(C)=C/CO. The Kier molecular flexibility index (Phi) is 12.8. The minimum Gasteiger partial charge on any atom is -0.392 e. The Morgan fingerprint density at radius 1 is 0.773 bits per heavy atom. The van der Waals surface area contributed by atoms with Crippen LogP contribution in [0.3, 0.4) is 0 Å². The maximum atomic E-state index is 8.75. The summed E-state index contributed by atoms with van der Waals surface area (Å²) in [4.78, 5) is 0. The van der Waals surface area contributed by atoms with E-state index in [0.29, 0.717) is 13.2 Å². The highest BCUT2D eigenvalue weighted by Crippen LogP contribution is 2.11. The molecule has 1 N–H and O–H groups in total. The summed E-state index contributed by atoms with van der Waals surface area (Å²) in [6.07, 6.45) is 13.1. The number of rotatable bonds is 11. The zero-order valence-corrected chi connectivity index (χ0v) is 15.1. The molecule has 0 aromatic heterocycles.